The SMILES string of the molecule is Cc1cc2nc(-c3ccnc(N4CCc5c(c(C)nn5C)C4)c3)sc2c(-c2ccc(Cl)cc2)c1C(OC(C)(C)C)C(=O)O. The molecule has 0 saturated carbocycles. The van der Waals surface area contributed by atoms with Gasteiger partial charge in [-0.2, -0.15) is 5.10 Å². The average molecular weight is 616 g/mol. The van der Waals surface area contributed by atoms with Crippen LogP contribution in [-0.4, -0.2) is 43.0 Å². The Kier molecular flexibility index (Phi) is 7.52. The fraction of sp³-hybridized carbons (Fsp3) is 0.333. The standard InChI is InChI=1S/C33H34ClN5O3S/c1-18-15-24-30(28(20-7-9-22(34)10-8-20)27(18)29(32(40)41)42-33(3,4)5)43-31(36-24)21-11-13-35-26(16-21)39-14-12-25-23(17-39)19(2)37-38(25)6/h7-11,13,15-16,29H,12,14,17H2,1-6H3,(H,40,41). The Bertz CT molecular complexity index is 1860. The van der Waals surface area contributed by atoms with E-state index < -0.39 is 17.7 Å². The monoisotopic (exact) mass is 615 g/mol. The van der Waals surface area contributed by atoms with Gasteiger partial charge in [-0.05, 0) is 76.1 Å². The third kappa shape index (κ3) is 5.64. The van der Waals surface area contributed by atoms with Crippen molar-refractivity contribution in [2.75, 3.05) is 11.4 Å². The van der Waals surface area contributed by atoms with Crippen LogP contribution >= 0.6 is 22.9 Å². The van der Waals surface area contributed by atoms with E-state index in [2.05, 4.69) is 23.0 Å². The number of carboxylic acid groups (broad SMARTS) is 1. The van der Waals surface area contributed by atoms with Crippen molar-refractivity contribution in [2.45, 2.75) is 59.3 Å². The molecule has 1 atom stereocenters. The van der Waals surface area contributed by atoms with Crippen molar-refractivity contribution < 1.29 is 14.6 Å². The van der Waals surface area contributed by atoms with E-state index in [1.54, 1.807) is 11.3 Å². The molecule has 5 aromatic rings. The molecule has 4 heterocycles. The minimum atomic E-state index is -1.16. The Labute approximate surface area is 259 Å². The van der Waals surface area contributed by atoms with Gasteiger partial charge < -0.3 is 14.7 Å². The largest absolute Gasteiger partial charge is 0.479 e. The molecular formula is C33H34ClN5O3S. The number of carboxylic acids is 1. The summed E-state index contributed by atoms with van der Waals surface area (Å²) in [5.41, 5.74) is 7.79. The lowest BCUT2D eigenvalue weighted by Crippen LogP contribution is -2.31. The highest BCUT2D eigenvalue weighted by atomic mass is 35.5. The molecule has 0 fully saturated rings. The number of nitrogens with zero attached hydrogens (tertiary/aromatic N) is 5. The van der Waals surface area contributed by atoms with E-state index in [0.29, 0.717) is 10.6 Å². The zero-order valence-corrected chi connectivity index (χ0v) is 26.7. The number of benzene rings is 2. The highest BCUT2D eigenvalue weighted by molar-refractivity contribution is 7.22. The molecule has 1 aliphatic rings. The molecule has 2 aromatic carbocycles. The number of rotatable bonds is 6. The molecule has 3 aromatic heterocycles. The van der Waals surface area contributed by atoms with Crippen molar-refractivity contribution >= 4 is 44.9 Å². The molecular weight excluding hydrogens is 582 g/mol. The summed E-state index contributed by atoms with van der Waals surface area (Å²) in [4.78, 5) is 24.7. The van der Waals surface area contributed by atoms with Crippen LogP contribution in [0.1, 0.15) is 55.0 Å². The topological polar surface area (TPSA) is 93.4 Å². The molecule has 222 valence electrons. The maximum absolute atomic E-state index is 12.6. The molecule has 8 nitrogen and oxygen atoms in total. The number of aromatic nitrogens is 4. The zero-order valence-electron chi connectivity index (χ0n) is 25.1. The van der Waals surface area contributed by atoms with Gasteiger partial charge in [0.15, 0.2) is 6.10 Å². The Morgan fingerprint density at radius 1 is 1.12 bits per heavy atom. The first-order valence-corrected chi connectivity index (χ1v) is 15.4. The lowest BCUT2D eigenvalue weighted by molar-refractivity contribution is -0.160. The zero-order chi connectivity index (χ0) is 30.6. The van der Waals surface area contributed by atoms with E-state index >= 15 is 0 Å². The van der Waals surface area contributed by atoms with Gasteiger partial charge in [0.05, 0.1) is 21.5 Å². The van der Waals surface area contributed by atoms with Gasteiger partial charge in [0, 0.05) is 65.7 Å². The van der Waals surface area contributed by atoms with Gasteiger partial charge in [-0.15, -0.1) is 11.3 Å². The van der Waals surface area contributed by atoms with Crippen molar-refractivity contribution in [1.82, 2.24) is 19.7 Å². The van der Waals surface area contributed by atoms with Crippen molar-refractivity contribution in [1.29, 1.82) is 0 Å². The van der Waals surface area contributed by atoms with Gasteiger partial charge in [-0.25, -0.2) is 14.8 Å². The molecule has 0 aliphatic carbocycles. The molecule has 6 rings (SSSR count). The summed E-state index contributed by atoms with van der Waals surface area (Å²) < 4.78 is 9.03. The van der Waals surface area contributed by atoms with Crippen LogP contribution in [0.5, 0.6) is 0 Å². The van der Waals surface area contributed by atoms with Crippen LogP contribution in [0.25, 0.3) is 31.9 Å². The number of aliphatic carboxylic acids is 1. The molecule has 0 amide bonds. The third-order valence-corrected chi connectivity index (χ3v) is 9.17. The fourth-order valence-corrected chi connectivity index (χ4v) is 7.11. The highest BCUT2D eigenvalue weighted by Crippen LogP contribution is 2.44. The lowest BCUT2D eigenvalue weighted by Gasteiger charge is -2.28. The molecule has 10 heteroatoms. The summed E-state index contributed by atoms with van der Waals surface area (Å²) in [5, 5.41) is 16.4. The number of fused-ring (bicyclic) bond motifs is 2. The predicted octanol–water partition coefficient (Wildman–Crippen LogP) is 7.53. The van der Waals surface area contributed by atoms with Gasteiger partial charge in [-0.1, -0.05) is 23.7 Å². The number of pyridine rings is 1. The maximum atomic E-state index is 12.6. The summed E-state index contributed by atoms with van der Waals surface area (Å²) in [6.07, 6.45) is 1.58. The molecule has 43 heavy (non-hydrogen) atoms. The maximum Gasteiger partial charge on any atom is 0.337 e. The normalized spacial score (nSPS) is 14.3. The number of anilines is 1. The Hall–Kier alpha value is -3.79. The summed E-state index contributed by atoms with van der Waals surface area (Å²) in [6.45, 7) is 11.2. The van der Waals surface area contributed by atoms with E-state index in [-0.39, 0.29) is 0 Å². The van der Waals surface area contributed by atoms with Crippen LogP contribution in [-0.2, 0) is 29.5 Å². The molecule has 0 spiro atoms. The van der Waals surface area contributed by atoms with Crippen LogP contribution in [0.4, 0.5) is 5.82 Å². The quantitative estimate of drug-likeness (QED) is 0.211. The molecule has 0 bridgehead atoms. The van der Waals surface area contributed by atoms with Crippen LogP contribution in [0.2, 0.25) is 5.02 Å². The first kappa shape index (κ1) is 29.3. The second-order valence-corrected chi connectivity index (χ2v) is 13.4. The second-order valence-electron chi connectivity index (χ2n) is 12.0. The lowest BCUT2D eigenvalue weighted by atomic mass is 9.91. The number of halogens is 1. The van der Waals surface area contributed by atoms with E-state index in [0.717, 1.165) is 68.5 Å². The second kappa shape index (κ2) is 11.0. The van der Waals surface area contributed by atoms with Crippen LogP contribution in [0.3, 0.4) is 0 Å². The average Bonchev–Trinajstić information content (AvgIpc) is 3.51. The molecule has 0 radical (unpaired) electrons. The Morgan fingerprint density at radius 3 is 2.56 bits per heavy atom. The van der Waals surface area contributed by atoms with E-state index in [9.17, 15) is 9.90 Å². The number of hydrogen-bond acceptors (Lipinski definition) is 7. The minimum Gasteiger partial charge on any atom is -0.479 e. The number of ether oxygens (including phenoxy) is 1. The van der Waals surface area contributed by atoms with Crippen molar-refractivity contribution in [3.8, 4) is 21.7 Å². The van der Waals surface area contributed by atoms with Gasteiger partial charge in [0.1, 0.15) is 10.8 Å². The number of hydrogen-bond donors (Lipinski definition) is 1. The Balaban J connectivity index is 1.47. The Morgan fingerprint density at radius 2 is 1.86 bits per heavy atom. The van der Waals surface area contributed by atoms with Gasteiger partial charge in [-0.3, -0.25) is 4.68 Å². The summed E-state index contributed by atoms with van der Waals surface area (Å²) in [7, 11) is 2.01. The summed E-state index contributed by atoms with van der Waals surface area (Å²) >= 11 is 7.79. The fourth-order valence-electron chi connectivity index (χ4n) is 5.86. The van der Waals surface area contributed by atoms with Crippen molar-refractivity contribution in [2.24, 2.45) is 7.05 Å². The van der Waals surface area contributed by atoms with E-state index in [1.165, 1.54) is 11.3 Å². The minimum absolute atomic E-state index is 0.607. The molecule has 1 aliphatic heterocycles. The summed E-state index contributed by atoms with van der Waals surface area (Å²) in [6, 6.07) is 13.5. The molecule has 0 saturated heterocycles. The van der Waals surface area contributed by atoms with E-state index in [1.807, 2.05) is 82.0 Å². The summed E-state index contributed by atoms with van der Waals surface area (Å²) in [5.74, 6) is -0.144. The smallest absolute Gasteiger partial charge is 0.337 e. The highest BCUT2D eigenvalue weighted by Gasteiger charge is 2.32. The van der Waals surface area contributed by atoms with Crippen molar-refractivity contribution in [3.63, 3.8) is 0 Å². The first-order chi connectivity index (χ1) is 20.4. The number of carbonyl (C=O) groups is 1. The number of aryl methyl sites for hydroxylation is 3. The third-order valence-electron chi connectivity index (χ3n) is 7.78. The van der Waals surface area contributed by atoms with Gasteiger partial charge in [0.25, 0.3) is 0 Å². The molecule has 1 unspecified atom stereocenters. The van der Waals surface area contributed by atoms with Crippen LogP contribution in [0.15, 0.2) is 48.7 Å². The van der Waals surface area contributed by atoms with E-state index in [4.69, 9.17) is 26.3 Å². The molecule has 1 N–H and O–H groups in total. The first-order valence-electron chi connectivity index (χ1n) is 14.2. The van der Waals surface area contributed by atoms with Crippen LogP contribution < -0.4 is 4.90 Å². The number of thiazole rings is 1. The van der Waals surface area contributed by atoms with Crippen molar-refractivity contribution in [3.05, 3.63) is 81.8 Å². The van der Waals surface area contributed by atoms with Gasteiger partial charge >= 0.3 is 5.97 Å². The van der Waals surface area contributed by atoms with Crippen LogP contribution in [0, 0.1) is 13.8 Å². The van der Waals surface area contributed by atoms with Gasteiger partial charge in [0.2, 0.25) is 0 Å². The predicted molar refractivity (Wildman–Crippen MR) is 172 cm³/mol.